The maximum atomic E-state index is 3.36. The predicted octanol–water partition coefficient (Wildman–Crippen LogP) is 7.49. The minimum Gasteiger partial charge on any atom is -0.103 e. The van der Waals surface area contributed by atoms with Gasteiger partial charge >= 0.3 is 0 Å². The number of allylic oxidation sites excluding steroid dienone is 1. The molecule has 0 saturated carbocycles. The van der Waals surface area contributed by atoms with E-state index in [1.165, 1.54) is 19.3 Å². The Labute approximate surface area is 109 Å². The predicted molar refractivity (Wildman–Crippen MR) is 86.5 cm³/mol. The minimum absolute atomic E-state index is 1.25. The maximum absolute atomic E-state index is 3.36. The van der Waals surface area contributed by atoms with Crippen molar-refractivity contribution in [2.24, 2.45) is 0 Å². The molecule has 106 valence electrons. The summed E-state index contributed by atoms with van der Waals surface area (Å²) in [7, 11) is 0. The SMILES string of the molecule is C=CC.CC.CC.CCC.CCC.CCC. The summed E-state index contributed by atoms with van der Waals surface area (Å²) in [6.45, 7) is 26.0. The molecule has 0 aromatic carbocycles. The highest BCUT2D eigenvalue weighted by Crippen LogP contribution is 1.56. The van der Waals surface area contributed by atoms with Gasteiger partial charge in [0.1, 0.15) is 0 Å². The van der Waals surface area contributed by atoms with E-state index in [4.69, 9.17) is 0 Å². The van der Waals surface area contributed by atoms with Gasteiger partial charge in [-0.05, 0) is 6.92 Å². The first kappa shape index (κ1) is 36.0. The van der Waals surface area contributed by atoms with Crippen molar-refractivity contribution in [3.63, 3.8) is 0 Å². The molecule has 16 heavy (non-hydrogen) atoms. The summed E-state index contributed by atoms with van der Waals surface area (Å²) in [5, 5.41) is 0. The summed E-state index contributed by atoms with van der Waals surface area (Å²) < 4.78 is 0. The molecule has 0 radical (unpaired) electrons. The maximum Gasteiger partial charge on any atom is -0.0473 e. The zero-order chi connectivity index (χ0) is 14.8. The van der Waals surface area contributed by atoms with Gasteiger partial charge < -0.3 is 0 Å². The molecule has 0 atom stereocenters. The van der Waals surface area contributed by atoms with Gasteiger partial charge in [0, 0.05) is 0 Å². The molecule has 0 aromatic rings. The molecule has 0 bridgehead atoms. The standard InChI is InChI=1S/3C3H8.C3H6.2C2H6/c4*1-3-2;2*1-2/h3*3H2,1-2H3;3H,1H2,2H3;2*1-2H3. The first-order valence-corrected chi connectivity index (χ1v) is 7.23. The van der Waals surface area contributed by atoms with Crippen LogP contribution in [0.15, 0.2) is 12.7 Å². The Morgan fingerprint density at radius 3 is 0.625 bits per heavy atom. The van der Waals surface area contributed by atoms with Crippen LogP contribution in [0.4, 0.5) is 0 Å². The molecule has 0 spiro atoms. The van der Waals surface area contributed by atoms with Crippen molar-refractivity contribution in [1.29, 1.82) is 0 Å². The average molecular weight is 235 g/mol. The average Bonchev–Trinajstić information content (AvgIpc) is 2.27. The van der Waals surface area contributed by atoms with Gasteiger partial charge in [0.05, 0.1) is 0 Å². The van der Waals surface area contributed by atoms with Gasteiger partial charge in [-0.2, -0.15) is 0 Å². The van der Waals surface area contributed by atoms with E-state index in [-0.39, 0.29) is 0 Å². The molecule has 0 saturated heterocycles. The van der Waals surface area contributed by atoms with E-state index in [2.05, 4.69) is 48.1 Å². The zero-order valence-electron chi connectivity index (χ0n) is 14.4. The monoisotopic (exact) mass is 234 g/mol. The third-order valence-electron chi connectivity index (χ3n) is 0. The molecular formula is C16H42. The van der Waals surface area contributed by atoms with Crippen LogP contribution in [0.25, 0.3) is 0 Å². The highest BCUT2D eigenvalue weighted by atomic mass is 13.4. The van der Waals surface area contributed by atoms with E-state index in [9.17, 15) is 0 Å². The summed E-state index contributed by atoms with van der Waals surface area (Å²) in [6, 6.07) is 0. The highest BCUT2D eigenvalue weighted by molar-refractivity contribution is 4.51. The van der Waals surface area contributed by atoms with Crippen molar-refractivity contribution in [1.82, 2.24) is 0 Å². The van der Waals surface area contributed by atoms with E-state index in [0.717, 1.165) is 0 Å². The second-order valence-electron chi connectivity index (χ2n) is 2.53. The van der Waals surface area contributed by atoms with Crippen molar-refractivity contribution in [2.45, 2.75) is 95.4 Å². The molecule has 0 N–H and O–H groups in total. The third kappa shape index (κ3) is 33000. The van der Waals surface area contributed by atoms with Gasteiger partial charge in [-0.15, -0.1) is 6.58 Å². The second-order valence-corrected chi connectivity index (χ2v) is 2.53. The van der Waals surface area contributed by atoms with E-state index in [1.807, 2.05) is 34.6 Å². The van der Waals surface area contributed by atoms with E-state index in [0.29, 0.717) is 0 Å². The van der Waals surface area contributed by atoms with Crippen LogP contribution in [-0.2, 0) is 0 Å². The lowest BCUT2D eigenvalue weighted by Crippen LogP contribution is -1.27. The van der Waals surface area contributed by atoms with Crippen LogP contribution >= 0.6 is 0 Å². The van der Waals surface area contributed by atoms with Gasteiger partial charge in [-0.25, -0.2) is 0 Å². The molecule has 0 aliphatic heterocycles. The Balaban J connectivity index is -0.0000000190. The molecule has 0 nitrogen and oxygen atoms in total. The van der Waals surface area contributed by atoms with Crippen LogP contribution in [-0.4, -0.2) is 0 Å². The minimum atomic E-state index is 1.25. The lowest BCUT2D eigenvalue weighted by molar-refractivity contribution is 1.09. The Hall–Kier alpha value is -0.260. The number of hydrogen-bond acceptors (Lipinski definition) is 0. The van der Waals surface area contributed by atoms with E-state index < -0.39 is 0 Å². The first-order valence-electron chi connectivity index (χ1n) is 7.23. The lowest BCUT2D eigenvalue weighted by Gasteiger charge is -1.48. The van der Waals surface area contributed by atoms with Crippen LogP contribution < -0.4 is 0 Å². The number of hydrogen-bond donors (Lipinski definition) is 0. The Morgan fingerprint density at radius 2 is 0.625 bits per heavy atom. The summed E-state index contributed by atoms with van der Waals surface area (Å²) in [6.07, 6.45) is 5.50. The molecule has 0 aromatic heterocycles. The van der Waals surface area contributed by atoms with Crippen LogP contribution in [0.1, 0.15) is 95.4 Å². The molecule has 0 fully saturated rings. The Kier molecular flexibility index (Phi) is 448. The largest absolute Gasteiger partial charge is 0.103 e. The van der Waals surface area contributed by atoms with E-state index in [1.54, 1.807) is 6.08 Å². The van der Waals surface area contributed by atoms with Gasteiger partial charge in [0.25, 0.3) is 0 Å². The summed E-state index contributed by atoms with van der Waals surface area (Å²) in [5.74, 6) is 0. The molecule has 0 amide bonds. The van der Waals surface area contributed by atoms with Gasteiger partial charge in [-0.1, -0.05) is 94.6 Å². The molecule has 0 heteroatoms. The number of rotatable bonds is 0. The fraction of sp³-hybridized carbons (Fsp3) is 0.875. The highest BCUT2D eigenvalue weighted by Gasteiger charge is 1.36. The Bertz CT molecular complexity index is 24.3. The normalized spacial score (nSPS) is 4.94. The summed E-state index contributed by atoms with van der Waals surface area (Å²) >= 11 is 0. The fourth-order valence-electron chi connectivity index (χ4n) is 0. The molecule has 0 aliphatic carbocycles. The summed E-state index contributed by atoms with van der Waals surface area (Å²) in [5.41, 5.74) is 0. The van der Waals surface area contributed by atoms with Gasteiger partial charge in [0.15, 0.2) is 0 Å². The lowest BCUT2D eigenvalue weighted by atomic mass is 10.6. The fourth-order valence-corrected chi connectivity index (χ4v) is 0. The molecule has 0 aliphatic rings. The van der Waals surface area contributed by atoms with Gasteiger partial charge in [0.2, 0.25) is 0 Å². The van der Waals surface area contributed by atoms with Crippen LogP contribution in [0.3, 0.4) is 0 Å². The van der Waals surface area contributed by atoms with Crippen LogP contribution in [0.2, 0.25) is 0 Å². The van der Waals surface area contributed by atoms with Crippen molar-refractivity contribution in [3.05, 3.63) is 12.7 Å². The summed E-state index contributed by atoms with van der Waals surface area (Å²) in [4.78, 5) is 0. The molecular weight excluding hydrogens is 192 g/mol. The van der Waals surface area contributed by atoms with Crippen LogP contribution in [0.5, 0.6) is 0 Å². The van der Waals surface area contributed by atoms with Crippen molar-refractivity contribution in [3.8, 4) is 0 Å². The van der Waals surface area contributed by atoms with Crippen LogP contribution in [0, 0.1) is 0 Å². The van der Waals surface area contributed by atoms with Crippen molar-refractivity contribution in [2.75, 3.05) is 0 Å². The third-order valence-corrected chi connectivity index (χ3v) is 0. The molecule has 0 heterocycles. The molecule has 0 rings (SSSR count). The molecule has 0 unspecified atom stereocenters. The Morgan fingerprint density at radius 1 is 0.625 bits per heavy atom. The van der Waals surface area contributed by atoms with Crippen molar-refractivity contribution >= 4 is 0 Å². The van der Waals surface area contributed by atoms with Gasteiger partial charge in [-0.3, -0.25) is 0 Å². The zero-order valence-corrected chi connectivity index (χ0v) is 14.4. The quantitative estimate of drug-likeness (QED) is 0.381. The topological polar surface area (TPSA) is 0 Å². The first-order chi connectivity index (χ1) is 7.66. The van der Waals surface area contributed by atoms with E-state index >= 15 is 0 Å². The second kappa shape index (κ2) is 199. The van der Waals surface area contributed by atoms with Crippen molar-refractivity contribution < 1.29 is 0 Å². The smallest absolute Gasteiger partial charge is 0.0473 e.